The highest BCUT2D eigenvalue weighted by atomic mass is 16.8. The molecule has 0 aromatic heterocycles. The molecule has 2 saturated carbocycles. The number of ether oxygens (including phenoxy) is 2. The fourth-order valence-electron chi connectivity index (χ4n) is 4.43. The van der Waals surface area contributed by atoms with Crippen molar-refractivity contribution in [2.24, 2.45) is 23.7 Å². The van der Waals surface area contributed by atoms with Crippen LogP contribution < -0.4 is 0 Å². The summed E-state index contributed by atoms with van der Waals surface area (Å²) in [6.07, 6.45) is 2.28. The molecule has 2 aliphatic carbocycles. The van der Waals surface area contributed by atoms with Crippen LogP contribution in [0.15, 0.2) is 0 Å². The van der Waals surface area contributed by atoms with Crippen LogP contribution in [0.25, 0.3) is 0 Å². The number of rotatable bonds is 0. The summed E-state index contributed by atoms with van der Waals surface area (Å²) in [7, 11) is 0. The van der Waals surface area contributed by atoms with Crippen LogP contribution in [0.1, 0.15) is 19.8 Å². The van der Waals surface area contributed by atoms with E-state index in [-0.39, 0.29) is 0 Å². The molecule has 2 bridgehead atoms. The lowest BCUT2D eigenvalue weighted by Gasteiger charge is -2.25. The number of aliphatic hydroxyl groups is 1. The van der Waals surface area contributed by atoms with Gasteiger partial charge in [-0.3, -0.25) is 0 Å². The second-order valence-electron chi connectivity index (χ2n) is 5.18. The number of fused-ring (bicyclic) bond motifs is 2. The van der Waals surface area contributed by atoms with Gasteiger partial charge in [0.05, 0.1) is 6.10 Å². The van der Waals surface area contributed by atoms with Gasteiger partial charge < -0.3 is 14.6 Å². The Balaban J connectivity index is 1.89. The third-order valence-electron chi connectivity index (χ3n) is 4.68. The third-order valence-corrected chi connectivity index (χ3v) is 4.68. The Bertz CT molecular complexity index is 277. The van der Waals surface area contributed by atoms with E-state index in [1.165, 1.54) is 6.42 Å². The first-order valence-corrected chi connectivity index (χ1v) is 5.23. The highest BCUT2D eigenvalue weighted by molar-refractivity contribution is 5.13. The van der Waals surface area contributed by atoms with E-state index in [9.17, 15) is 5.11 Å². The average Bonchev–Trinajstić information content (AvgIpc) is 2.63. The summed E-state index contributed by atoms with van der Waals surface area (Å²) in [4.78, 5) is 0. The molecule has 0 unspecified atom stereocenters. The molecule has 2 saturated heterocycles. The van der Waals surface area contributed by atoms with Gasteiger partial charge in [-0.1, -0.05) is 0 Å². The minimum absolute atomic E-state index is 0.369. The Morgan fingerprint density at radius 2 is 2.15 bits per heavy atom. The molecule has 2 heterocycles. The Kier molecular flexibility index (Phi) is 1.00. The van der Waals surface area contributed by atoms with Crippen LogP contribution in [0.5, 0.6) is 0 Å². The zero-order valence-electron chi connectivity index (χ0n) is 7.64. The van der Waals surface area contributed by atoms with E-state index in [0.717, 1.165) is 6.42 Å². The minimum atomic E-state index is -0.564. The highest BCUT2D eigenvalue weighted by Crippen LogP contribution is 2.67. The van der Waals surface area contributed by atoms with Crippen molar-refractivity contribution in [3.05, 3.63) is 0 Å². The van der Waals surface area contributed by atoms with Crippen molar-refractivity contribution in [3.8, 4) is 0 Å². The largest absolute Gasteiger partial charge is 0.368 e. The molecule has 4 fully saturated rings. The second-order valence-corrected chi connectivity index (χ2v) is 5.18. The summed E-state index contributed by atoms with van der Waals surface area (Å²) in [6.45, 7) is 2.00. The van der Waals surface area contributed by atoms with Crippen LogP contribution in [-0.2, 0) is 9.47 Å². The van der Waals surface area contributed by atoms with Gasteiger partial charge in [0.25, 0.3) is 0 Å². The third kappa shape index (κ3) is 0.602. The van der Waals surface area contributed by atoms with E-state index in [2.05, 4.69) is 0 Å². The maximum Gasteiger partial charge on any atom is 0.172 e. The van der Waals surface area contributed by atoms with Crippen molar-refractivity contribution in [1.82, 2.24) is 0 Å². The molecule has 0 aromatic rings. The first-order chi connectivity index (χ1) is 6.19. The molecule has 1 N–H and O–H groups in total. The Labute approximate surface area is 77.0 Å². The standard InChI is InChI=1S/C10H14O3/c1-10-8-5-2-4(3-6(5)12-10)7(8)9(11)13-10/h4-9,11H,2-3H2,1H3/t4-,5+,6-,7+,8-,9+,10+/m1/s1. The van der Waals surface area contributed by atoms with Gasteiger partial charge in [0.15, 0.2) is 12.1 Å². The molecule has 2 aliphatic heterocycles. The maximum atomic E-state index is 9.78. The summed E-state index contributed by atoms with van der Waals surface area (Å²) in [6, 6.07) is 0. The Hall–Kier alpha value is -0.120. The second kappa shape index (κ2) is 1.81. The molecule has 3 nitrogen and oxygen atoms in total. The summed E-state index contributed by atoms with van der Waals surface area (Å²) < 4.78 is 11.4. The molecule has 13 heavy (non-hydrogen) atoms. The number of hydrogen-bond acceptors (Lipinski definition) is 3. The quantitative estimate of drug-likeness (QED) is 0.600. The lowest BCUT2D eigenvalue weighted by atomic mass is 9.78. The van der Waals surface area contributed by atoms with Crippen molar-refractivity contribution in [3.63, 3.8) is 0 Å². The molecule has 4 rings (SSSR count). The van der Waals surface area contributed by atoms with Crippen LogP contribution in [0, 0.1) is 23.7 Å². The predicted octanol–water partition coefficient (Wildman–Crippen LogP) is 0.722. The van der Waals surface area contributed by atoms with Gasteiger partial charge in [0.1, 0.15) is 0 Å². The van der Waals surface area contributed by atoms with E-state index in [0.29, 0.717) is 29.8 Å². The Morgan fingerprint density at radius 1 is 1.31 bits per heavy atom. The molecular formula is C10H14O3. The predicted molar refractivity (Wildman–Crippen MR) is 43.6 cm³/mol. The lowest BCUT2D eigenvalue weighted by Crippen LogP contribution is -2.30. The molecule has 4 aliphatic rings. The summed E-state index contributed by atoms with van der Waals surface area (Å²) >= 11 is 0. The monoisotopic (exact) mass is 182 g/mol. The van der Waals surface area contributed by atoms with E-state index in [1.54, 1.807) is 0 Å². The van der Waals surface area contributed by atoms with Crippen molar-refractivity contribution in [2.75, 3.05) is 0 Å². The summed E-state index contributed by atoms with van der Waals surface area (Å²) in [5.41, 5.74) is 0. The number of aliphatic hydroxyl groups excluding tert-OH is 1. The van der Waals surface area contributed by atoms with Gasteiger partial charge in [0.2, 0.25) is 0 Å². The van der Waals surface area contributed by atoms with E-state index >= 15 is 0 Å². The summed E-state index contributed by atoms with van der Waals surface area (Å²) in [5.74, 6) is 1.74. The molecule has 0 radical (unpaired) electrons. The number of hydrogen-bond donors (Lipinski definition) is 1. The first kappa shape index (κ1) is 7.21. The van der Waals surface area contributed by atoms with Crippen LogP contribution in [0.3, 0.4) is 0 Å². The highest BCUT2D eigenvalue weighted by Gasteiger charge is 2.72. The zero-order valence-corrected chi connectivity index (χ0v) is 7.64. The summed E-state index contributed by atoms with van der Waals surface area (Å²) in [5, 5.41) is 9.78. The van der Waals surface area contributed by atoms with Crippen LogP contribution in [0.4, 0.5) is 0 Å². The van der Waals surface area contributed by atoms with Crippen molar-refractivity contribution < 1.29 is 14.6 Å². The molecule has 0 spiro atoms. The van der Waals surface area contributed by atoms with Gasteiger partial charge in [-0.2, -0.15) is 0 Å². The molecule has 72 valence electrons. The van der Waals surface area contributed by atoms with Gasteiger partial charge >= 0.3 is 0 Å². The van der Waals surface area contributed by atoms with E-state index in [4.69, 9.17) is 9.47 Å². The molecule has 7 atom stereocenters. The average molecular weight is 182 g/mol. The van der Waals surface area contributed by atoms with E-state index < -0.39 is 12.1 Å². The molecule has 0 amide bonds. The van der Waals surface area contributed by atoms with Crippen LogP contribution in [0.2, 0.25) is 0 Å². The zero-order chi connectivity index (χ0) is 8.79. The smallest absolute Gasteiger partial charge is 0.172 e. The molecule has 0 aromatic carbocycles. The normalized spacial score (nSPS) is 72.5. The fourth-order valence-corrected chi connectivity index (χ4v) is 4.43. The van der Waals surface area contributed by atoms with Gasteiger partial charge in [-0.05, 0) is 31.6 Å². The fraction of sp³-hybridized carbons (Fsp3) is 1.00. The topological polar surface area (TPSA) is 38.7 Å². The van der Waals surface area contributed by atoms with E-state index in [1.807, 2.05) is 6.92 Å². The van der Waals surface area contributed by atoms with Crippen molar-refractivity contribution >= 4 is 0 Å². The lowest BCUT2D eigenvalue weighted by molar-refractivity contribution is -0.263. The first-order valence-electron chi connectivity index (χ1n) is 5.23. The Morgan fingerprint density at radius 3 is 3.00 bits per heavy atom. The minimum Gasteiger partial charge on any atom is -0.368 e. The molecule has 3 heteroatoms. The maximum absolute atomic E-state index is 9.78. The van der Waals surface area contributed by atoms with Crippen molar-refractivity contribution in [1.29, 1.82) is 0 Å². The van der Waals surface area contributed by atoms with Gasteiger partial charge in [-0.15, -0.1) is 0 Å². The molecular weight excluding hydrogens is 168 g/mol. The van der Waals surface area contributed by atoms with Crippen molar-refractivity contribution in [2.45, 2.75) is 37.9 Å². The van der Waals surface area contributed by atoms with Gasteiger partial charge in [-0.25, -0.2) is 0 Å². The van der Waals surface area contributed by atoms with Crippen LogP contribution >= 0.6 is 0 Å². The van der Waals surface area contributed by atoms with Crippen LogP contribution in [-0.4, -0.2) is 23.3 Å². The SMILES string of the molecule is C[C@]12O[C@H](O)[C@H]3[C@@H]4C[C@H]([C@H]31)[C@@H](C4)O2. The van der Waals surface area contributed by atoms with Gasteiger partial charge in [0, 0.05) is 11.8 Å².